The van der Waals surface area contributed by atoms with Gasteiger partial charge < -0.3 is 45.1 Å². The third kappa shape index (κ3) is 7.09. The number of aliphatic hydroxyl groups is 4. The number of nitrogens with two attached hydrogens (primary N) is 1. The lowest BCUT2D eigenvalue weighted by atomic mass is 9.96. The number of hydrogen-bond acceptors (Lipinski definition) is 9. The second kappa shape index (κ2) is 12.5. The number of unbranched alkanes of at least 4 members (excludes halogenated alkanes) is 5. The molecule has 9 unspecified atom stereocenters. The van der Waals surface area contributed by atoms with Gasteiger partial charge in [-0.15, -0.1) is 0 Å². The van der Waals surface area contributed by atoms with Gasteiger partial charge in [-0.25, -0.2) is 0 Å². The van der Waals surface area contributed by atoms with Crippen molar-refractivity contribution >= 4 is 0 Å². The smallest absolute Gasteiger partial charge is 0.186 e. The van der Waals surface area contributed by atoms with Crippen LogP contribution in [0, 0.1) is 0 Å². The van der Waals surface area contributed by atoms with Crippen LogP contribution in [0.2, 0.25) is 0 Å². The van der Waals surface area contributed by atoms with Crippen LogP contribution >= 0.6 is 0 Å². The molecule has 0 amide bonds. The van der Waals surface area contributed by atoms with Crippen LogP contribution in [0.5, 0.6) is 0 Å². The summed E-state index contributed by atoms with van der Waals surface area (Å²) in [7, 11) is 0. The molecule has 29 heavy (non-hydrogen) atoms. The van der Waals surface area contributed by atoms with Gasteiger partial charge in [0.25, 0.3) is 0 Å². The van der Waals surface area contributed by atoms with Gasteiger partial charge in [0.2, 0.25) is 0 Å². The van der Waals surface area contributed by atoms with E-state index in [1.54, 1.807) is 6.92 Å². The van der Waals surface area contributed by atoms with Crippen molar-refractivity contribution in [2.75, 3.05) is 13.2 Å². The summed E-state index contributed by atoms with van der Waals surface area (Å²) in [6.45, 7) is 3.88. The Morgan fingerprint density at radius 1 is 1.00 bits per heavy atom. The Balaban J connectivity index is 1.91. The van der Waals surface area contributed by atoms with Gasteiger partial charge in [-0.1, -0.05) is 39.0 Å². The maximum Gasteiger partial charge on any atom is 0.186 e. The minimum atomic E-state index is -1.13. The van der Waals surface area contributed by atoms with Gasteiger partial charge in [0.15, 0.2) is 12.6 Å². The quantitative estimate of drug-likeness (QED) is 0.291. The van der Waals surface area contributed by atoms with Gasteiger partial charge in [-0.05, 0) is 13.3 Å². The summed E-state index contributed by atoms with van der Waals surface area (Å²) in [4.78, 5) is 0. The predicted molar refractivity (Wildman–Crippen MR) is 105 cm³/mol. The van der Waals surface area contributed by atoms with E-state index in [2.05, 4.69) is 6.92 Å². The first-order valence-electron chi connectivity index (χ1n) is 10.9. The van der Waals surface area contributed by atoms with E-state index in [9.17, 15) is 20.4 Å². The highest BCUT2D eigenvalue weighted by atomic mass is 16.7. The molecular formula is C20H39NO8. The largest absolute Gasteiger partial charge is 0.394 e. The molecule has 2 heterocycles. The van der Waals surface area contributed by atoms with E-state index in [0.717, 1.165) is 19.3 Å². The molecule has 0 aromatic heterocycles. The van der Waals surface area contributed by atoms with Crippen LogP contribution < -0.4 is 5.73 Å². The molecule has 9 nitrogen and oxygen atoms in total. The Kier molecular flexibility index (Phi) is 10.7. The Morgan fingerprint density at radius 3 is 2.34 bits per heavy atom. The van der Waals surface area contributed by atoms with E-state index in [-0.39, 0.29) is 13.0 Å². The Morgan fingerprint density at radius 2 is 1.69 bits per heavy atom. The van der Waals surface area contributed by atoms with Crippen LogP contribution in [-0.4, -0.2) is 88.9 Å². The van der Waals surface area contributed by atoms with Crippen molar-refractivity contribution in [3.63, 3.8) is 0 Å². The number of ether oxygens (including phenoxy) is 4. The zero-order valence-electron chi connectivity index (χ0n) is 17.6. The highest BCUT2D eigenvalue weighted by Crippen LogP contribution is 2.28. The number of rotatable bonds is 11. The zero-order chi connectivity index (χ0) is 21.4. The van der Waals surface area contributed by atoms with Gasteiger partial charge in [-0.3, -0.25) is 0 Å². The first-order chi connectivity index (χ1) is 13.9. The molecule has 2 aliphatic heterocycles. The summed E-state index contributed by atoms with van der Waals surface area (Å²) in [5, 5.41) is 39.6. The summed E-state index contributed by atoms with van der Waals surface area (Å²) in [6, 6.07) is -0.863. The van der Waals surface area contributed by atoms with Crippen molar-refractivity contribution in [1.29, 1.82) is 0 Å². The third-order valence-corrected chi connectivity index (χ3v) is 5.68. The second-order valence-corrected chi connectivity index (χ2v) is 8.10. The fourth-order valence-corrected chi connectivity index (χ4v) is 3.76. The third-order valence-electron chi connectivity index (χ3n) is 5.68. The molecule has 172 valence electrons. The molecule has 2 fully saturated rings. The Labute approximate surface area is 173 Å². The highest BCUT2D eigenvalue weighted by Gasteiger charge is 2.47. The van der Waals surface area contributed by atoms with E-state index in [1.165, 1.54) is 19.3 Å². The van der Waals surface area contributed by atoms with Crippen LogP contribution in [0.15, 0.2) is 0 Å². The lowest BCUT2D eigenvalue weighted by Gasteiger charge is -2.45. The maximum absolute atomic E-state index is 10.3. The number of aliphatic hydroxyl groups excluding tert-OH is 4. The van der Waals surface area contributed by atoms with Crippen molar-refractivity contribution in [2.24, 2.45) is 5.73 Å². The molecule has 0 radical (unpaired) electrons. The van der Waals surface area contributed by atoms with Crippen LogP contribution in [0.25, 0.3) is 0 Å². The average Bonchev–Trinajstić information content (AvgIpc) is 2.70. The van der Waals surface area contributed by atoms with Crippen LogP contribution in [-0.2, 0) is 18.9 Å². The minimum Gasteiger partial charge on any atom is -0.394 e. The lowest BCUT2D eigenvalue weighted by molar-refractivity contribution is -0.330. The molecule has 2 aliphatic rings. The van der Waals surface area contributed by atoms with Gasteiger partial charge >= 0.3 is 0 Å². The first-order valence-corrected chi connectivity index (χ1v) is 10.9. The molecule has 0 aliphatic carbocycles. The fraction of sp³-hybridized carbons (Fsp3) is 1.00. The number of hydrogen-bond donors (Lipinski definition) is 5. The SMILES string of the molecule is CCCCCCCCOC1OC(CO)C(O)C(N)C1OC1CC(O)C(O)C(C)O1. The van der Waals surface area contributed by atoms with Crippen molar-refractivity contribution in [3.05, 3.63) is 0 Å². The molecule has 9 heteroatoms. The van der Waals surface area contributed by atoms with E-state index < -0.39 is 55.2 Å². The predicted octanol–water partition coefficient (Wildman–Crippen LogP) is 0.0108. The van der Waals surface area contributed by atoms with Crippen LogP contribution in [0.4, 0.5) is 0 Å². The molecule has 0 aromatic rings. The minimum absolute atomic E-state index is 0.0679. The maximum atomic E-state index is 10.3. The van der Waals surface area contributed by atoms with Gasteiger partial charge in [0.05, 0.1) is 24.9 Å². The Bertz CT molecular complexity index is 444. The van der Waals surface area contributed by atoms with Crippen molar-refractivity contribution in [1.82, 2.24) is 0 Å². The van der Waals surface area contributed by atoms with Crippen molar-refractivity contribution < 1.29 is 39.4 Å². The molecule has 6 N–H and O–H groups in total. The van der Waals surface area contributed by atoms with Crippen molar-refractivity contribution in [3.8, 4) is 0 Å². The Hall–Kier alpha value is -0.360. The topological polar surface area (TPSA) is 144 Å². The molecule has 9 atom stereocenters. The summed E-state index contributed by atoms with van der Waals surface area (Å²) in [5.41, 5.74) is 6.16. The van der Waals surface area contributed by atoms with E-state index in [1.807, 2.05) is 0 Å². The second-order valence-electron chi connectivity index (χ2n) is 8.10. The molecule has 0 saturated carbocycles. The van der Waals surface area contributed by atoms with E-state index >= 15 is 0 Å². The van der Waals surface area contributed by atoms with Crippen molar-refractivity contribution in [2.45, 2.75) is 114 Å². The molecule has 0 aromatic carbocycles. The van der Waals surface area contributed by atoms with Gasteiger partial charge in [0, 0.05) is 13.0 Å². The average molecular weight is 422 g/mol. The molecule has 0 spiro atoms. The molecule has 2 rings (SSSR count). The lowest BCUT2D eigenvalue weighted by Crippen LogP contribution is -2.64. The van der Waals surface area contributed by atoms with Crippen LogP contribution in [0.1, 0.15) is 58.8 Å². The van der Waals surface area contributed by atoms with Crippen LogP contribution in [0.3, 0.4) is 0 Å². The standard InChI is InChI=1S/C20H39NO8/c1-3-4-5-6-7-8-9-26-20-19(16(21)18(25)14(11-22)28-20)29-15-10-13(23)17(24)12(2)27-15/h12-20,22-25H,3-11,21H2,1-2H3. The zero-order valence-corrected chi connectivity index (χ0v) is 17.6. The normalized spacial score (nSPS) is 40.9. The molecule has 2 saturated heterocycles. The summed E-state index contributed by atoms with van der Waals surface area (Å²) in [6.07, 6.45) is -0.353. The molecule has 0 bridgehead atoms. The summed E-state index contributed by atoms with van der Waals surface area (Å²) >= 11 is 0. The van der Waals surface area contributed by atoms with Gasteiger partial charge in [0.1, 0.15) is 24.4 Å². The summed E-state index contributed by atoms with van der Waals surface area (Å²) < 4.78 is 23.1. The highest BCUT2D eigenvalue weighted by molar-refractivity contribution is 4.94. The molecular weight excluding hydrogens is 382 g/mol. The van der Waals surface area contributed by atoms with E-state index in [0.29, 0.717) is 6.61 Å². The van der Waals surface area contributed by atoms with E-state index in [4.69, 9.17) is 24.7 Å². The fourth-order valence-electron chi connectivity index (χ4n) is 3.76. The summed E-state index contributed by atoms with van der Waals surface area (Å²) in [5.74, 6) is 0. The monoisotopic (exact) mass is 421 g/mol. The van der Waals surface area contributed by atoms with Gasteiger partial charge in [-0.2, -0.15) is 0 Å². The first kappa shape index (κ1) is 24.9.